The molecule has 4 heteroatoms. The molecular formula is C11H17NO2S. The minimum Gasteiger partial charge on any atom is -0.216 e. The Hall–Kier alpha value is -0.870. The van der Waals surface area contributed by atoms with E-state index in [9.17, 15) is 8.42 Å². The van der Waals surface area contributed by atoms with E-state index < -0.39 is 10.9 Å². The van der Waals surface area contributed by atoms with Gasteiger partial charge < -0.3 is 0 Å². The number of unbranched alkanes of at least 4 members (excludes halogenated alkanes) is 1. The summed E-state index contributed by atoms with van der Waals surface area (Å²) >= 11 is 0. The molecule has 0 saturated heterocycles. The van der Waals surface area contributed by atoms with E-state index in [4.69, 9.17) is 0 Å². The molecule has 0 aliphatic heterocycles. The Balaban J connectivity index is 2.67. The Labute approximate surface area is 92.6 Å². The predicted octanol–water partition coefficient (Wildman–Crippen LogP) is 1.65. The molecular weight excluding hydrogens is 210 g/mol. The van der Waals surface area contributed by atoms with Gasteiger partial charge >= 0.3 is 0 Å². The number of thiol groups is 1. The largest absolute Gasteiger partial charge is 0.216 e. The summed E-state index contributed by atoms with van der Waals surface area (Å²) in [7, 11) is -2.50. The second-order valence-electron chi connectivity index (χ2n) is 3.46. The summed E-state index contributed by atoms with van der Waals surface area (Å²) in [6.45, 7) is 2.55. The Morgan fingerprint density at radius 1 is 1.20 bits per heavy atom. The molecule has 0 radical (unpaired) electrons. The van der Waals surface area contributed by atoms with Gasteiger partial charge in [-0.05, 0) is 24.0 Å². The van der Waals surface area contributed by atoms with Gasteiger partial charge in [-0.15, -0.1) is 0 Å². The molecule has 15 heavy (non-hydrogen) atoms. The van der Waals surface area contributed by atoms with Gasteiger partial charge in [-0.25, -0.2) is 13.1 Å². The lowest BCUT2D eigenvalue weighted by atomic mass is 10.0. The van der Waals surface area contributed by atoms with E-state index >= 15 is 0 Å². The SMILES string of the molecule is CCCCc1ccccc1CN[SH](=O)=O. The van der Waals surface area contributed by atoms with Crippen LogP contribution in [0.3, 0.4) is 0 Å². The van der Waals surface area contributed by atoms with Gasteiger partial charge in [0.15, 0.2) is 0 Å². The van der Waals surface area contributed by atoms with Crippen molar-refractivity contribution in [1.29, 1.82) is 0 Å². The summed E-state index contributed by atoms with van der Waals surface area (Å²) in [5.74, 6) is 0. The first-order chi connectivity index (χ1) is 7.24. The van der Waals surface area contributed by atoms with Gasteiger partial charge in [-0.1, -0.05) is 37.6 Å². The lowest BCUT2D eigenvalue weighted by Gasteiger charge is -2.07. The third-order valence-electron chi connectivity index (χ3n) is 2.32. The predicted molar refractivity (Wildman–Crippen MR) is 62.2 cm³/mol. The molecule has 0 saturated carbocycles. The highest BCUT2D eigenvalue weighted by Gasteiger charge is 2.00. The quantitative estimate of drug-likeness (QED) is 0.726. The number of nitrogens with one attached hydrogen (secondary N) is 1. The fourth-order valence-corrected chi connectivity index (χ4v) is 1.79. The maximum Gasteiger partial charge on any atom is 0.201 e. The van der Waals surface area contributed by atoms with E-state index in [1.54, 1.807) is 0 Å². The summed E-state index contributed by atoms with van der Waals surface area (Å²) in [6, 6.07) is 7.96. The van der Waals surface area contributed by atoms with E-state index in [2.05, 4.69) is 17.7 Å². The lowest BCUT2D eigenvalue weighted by Crippen LogP contribution is -2.11. The number of hydrogen-bond acceptors (Lipinski definition) is 2. The molecule has 1 aromatic rings. The van der Waals surface area contributed by atoms with Crippen LogP contribution in [0.15, 0.2) is 24.3 Å². The second-order valence-corrected chi connectivity index (χ2v) is 4.29. The van der Waals surface area contributed by atoms with Crippen LogP contribution in [0.4, 0.5) is 0 Å². The highest BCUT2D eigenvalue weighted by molar-refractivity contribution is 7.70. The first-order valence-corrected chi connectivity index (χ1v) is 6.36. The fraction of sp³-hybridized carbons (Fsp3) is 0.455. The summed E-state index contributed by atoms with van der Waals surface area (Å²) in [6.07, 6.45) is 3.31. The fourth-order valence-electron chi connectivity index (χ4n) is 1.49. The van der Waals surface area contributed by atoms with Gasteiger partial charge in [0.2, 0.25) is 10.9 Å². The molecule has 0 heterocycles. The van der Waals surface area contributed by atoms with E-state index in [1.165, 1.54) is 5.56 Å². The maximum atomic E-state index is 10.4. The Morgan fingerprint density at radius 2 is 1.87 bits per heavy atom. The van der Waals surface area contributed by atoms with Crippen LogP contribution in [0.1, 0.15) is 30.9 Å². The first-order valence-electron chi connectivity index (χ1n) is 5.18. The van der Waals surface area contributed by atoms with E-state index in [1.807, 2.05) is 18.2 Å². The zero-order chi connectivity index (χ0) is 11.1. The summed E-state index contributed by atoms with van der Waals surface area (Å²) in [5, 5.41) is 0. The molecule has 1 rings (SSSR count). The van der Waals surface area contributed by atoms with Gasteiger partial charge in [-0.3, -0.25) is 0 Å². The Morgan fingerprint density at radius 3 is 2.47 bits per heavy atom. The van der Waals surface area contributed by atoms with Crippen molar-refractivity contribution in [2.24, 2.45) is 0 Å². The average molecular weight is 227 g/mol. The van der Waals surface area contributed by atoms with E-state index in [0.29, 0.717) is 6.54 Å². The van der Waals surface area contributed by atoms with Crippen LogP contribution >= 0.6 is 0 Å². The molecule has 0 amide bonds. The van der Waals surface area contributed by atoms with Gasteiger partial charge in [0, 0.05) is 6.54 Å². The molecule has 0 unspecified atom stereocenters. The van der Waals surface area contributed by atoms with E-state index in [-0.39, 0.29) is 0 Å². The van der Waals surface area contributed by atoms with Crippen molar-refractivity contribution < 1.29 is 8.42 Å². The number of rotatable bonds is 6. The van der Waals surface area contributed by atoms with Crippen molar-refractivity contribution in [2.75, 3.05) is 0 Å². The highest BCUT2D eigenvalue weighted by atomic mass is 32.2. The average Bonchev–Trinajstić information content (AvgIpc) is 2.24. The van der Waals surface area contributed by atoms with Gasteiger partial charge in [-0.2, -0.15) is 0 Å². The van der Waals surface area contributed by atoms with Crippen molar-refractivity contribution in [2.45, 2.75) is 32.7 Å². The smallest absolute Gasteiger partial charge is 0.201 e. The zero-order valence-corrected chi connectivity index (χ0v) is 9.80. The monoisotopic (exact) mass is 227 g/mol. The molecule has 0 fully saturated rings. The molecule has 0 spiro atoms. The van der Waals surface area contributed by atoms with Crippen LogP contribution in [0.2, 0.25) is 0 Å². The standard InChI is InChI=1S/C11H17NO2S/c1-2-3-6-10-7-4-5-8-11(10)9-12-15(13)14/h4-5,7-8,15H,2-3,6,9H2,1H3,(H,12,13,14). The molecule has 0 aliphatic carbocycles. The molecule has 0 atom stereocenters. The highest BCUT2D eigenvalue weighted by Crippen LogP contribution is 2.11. The van der Waals surface area contributed by atoms with Crippen LogP contribution in [-0.4, -0.2) is 8.42 Å². The maximum absolute atomic E-state index is 10.4. The van der Waals surface area contributed by atoms with Crippen molar-refractivity contribution in [3.05, 3.63) is 35.4 Å². The van der Waals surface area contributed by atoms with Crippen LogP contribution in [0.25, 0.3) is 0 Å². The van der Waals surface area contributed by atoms with Crippen LogP contribution in [-0.2, 0) is 23.9 Å². The van der Waals surface area contributed by atoms with Crippen molar-refractivity contribution in [3.8, 4) is 0 Å². The third kappa shape index (κ3) is 4.44. The normalized spacial score (nSPS) is 10.8. The first kappa shape index (κ1) is 12.2. The van der Waals surface area contributed by atoms with Gasteiger partial charge in [0.05, 0.1) is 0 Å². The number of benzene rings is 1. The Kier molecular flexibility index (Phi) is 5.36. The molecule has 3 nitrogen and oxygen atoms in total. The van der Waals surface area contributed by atoms with Crippen LogP contribution < -0.4 is 4.72 Å². The van der Waals surface area contributed by atoms with Gasteiger partial charge in [0.25, 0.3) is 0 Å². The number of hydrogen-bond donors (Lipinski definition) is 2. The topological polar surface area (TPSA) is 46.2 Å². The molecule has 0 aromatic heterocycles. The summed E-state index contributed by atoms with van der Waals surface area (Å²) in [5.41, 5.74) is 2.31. The second kappa shape index (κ2) is 6.58. The third-order valence-corrected chi connectivity index (χ3v) is 2.73. The molecule has 0 aliphatic rings. The summed E-state index contributed by atoms with van der Waals surface area (Å²) in [4.78, 5) is 0. The Bertz CT molecular complexity index is 367. The van der Waals surface area contributed by atoms with Crippen molar-refractivity contribution >= 4 is 10.9 Å². The minimum atomic E-state index is -2.50. The zero-order valence-electron chi connectivity index (χ0n) is 8.90. The van der Waals surface area contributed by atoms with Crippen molar-refractivity contribution in [1.82, 2.24) is 4.72 Å². The van der Waals surface area contributed by atoms with E-state index in [0.717, 1.165) is 24.8 Å². The molecule has 1 aromatic carbocycles. The van der Waals surface area contributed by atoms with Gasteiger partial charge in [0.1, 0.15) is 0 Å². The molecule has 1 N–H and O–H groups in total. The van der Waals surface area contributed by atoms with Crippen LogP contribution in [0.5, 0.6) is 0 Å². The summed E-state index contributed by atoms with van der Waals surface area (Å²) < 4.78 is 23.3. The minimum absolute atomic E-state index is 0.401. The van der Waals surface area contributed by atoms with Crippen molar-refractivity contribution in [3.63, 3.8) is 0 Å². The lowest BCUT2D eigenvalue weighted by molar-refractivity contribution is 0.601. The molecule has 84 valence electrons. The molecule has 0 bridgehead atoms. The van der Waals surface area contributed by atoms with Crippen LogP contribution in [0, 0.1) is 0 Å². The number of aryl methyl sites for hydroxylation is 1.